The van der Waals surface area contributed by atoms with E-state index in [1.54, 1.807) is 0 Å². The molecular formula is C15H23N3O. The van der Waals surface area contributed by atoms with Gasteiger partial charge in [-0.2, -0.15) is 0 Å². The monoisotopic (exact) mass is 261 g/mol. The van der Waals surface area contributed by atoms with E-state index in [0.717, 1.165) is 37.3 Å². The summed E-state index contributed by atoms with van der Waals surface area (Å²) in [6.07, 6.45) is 0. The molecule has 1 heterocycles. The lowest BCUT2D eigenvalue weighted by molar-refractivity contribution is 0.0595. The lowest BCUT2D eigenvalue weighted by Gasteiger charge is -2.37. The van der Waals surface area contributed by atoms with Crippen LogP contribution in [0, 0.1) is 6.92 Å². The van der Waals surface area contributed by atoms with Crippen molar-refractivity contribution in [2.45, 2.75) is 26.8 Å². The molecule has 1 amide bonds. The molecule has 0 spiro atoms. The smallest absolute Gasteiger partial charge is 0.254 e. The Balaban J connectivity index is 2.07. The number of anilines is 1. The third kappa shape index (κ3) is 2.89. The van der Waals surface area contributed by atoms with Gasteiger partial charge >= 0.3 is 0 Å². The highest BCUT2D eigenvalue weighted by Crippen LogP contribution is 2.18. The van der Waals surface area contributed by atoms with Gasteiger partial charge in [0.05, 0.1) is 0 Å². The number of nitrogen functional groups attached to an aromatic ring is 1. The van der Waals surface area contributed by atoms with E-state index in [1.807, 2.05) is 30.0 Å². The summed E-state index contributed by atoms with van der Waals surface area (Å²) in [5, 5.41) is 0. The predicted octanol–water partition coefficient (Wildman–Crippen LogP) is 1.74. The van der Waals surface area contributed by atoms with E-state index in [0.29, 0.717) is 11.7 Å². The van der Waals surface area contributed by atoms with E-state index in [1.165, 1.54) is 0 Å². The van der Waals surface area contributed by atoms with Gasteiger partial charge in [0.2, 0.25) is 0 Å². The summed E-state index contributed by atoms with van der Waals surface area (Å²) in [4.78, 5) is 16.8. The zero-order valence-electron chi connectivity index (χ0n) is 12.0. The number of benzene rings is 1. The summed E-state index contributed by atoms with van der Waals surface area (Å²) in [5.41, 5.74) is 8.18. The number of hydrogen-bond donors (Lipinski definition) is 1. The maximum Gasteiger partial charge on any atom is 0.254 e. The number of piperazine rings is 1. The highest BCUT2D eigenvalue weighted by Gasteiger charge is 2.24. The van der Waals surface area contributed by atoms with Crippen LogP contribution >= 0.6 is 0 Å². The zero-order chi connectivity index (χ0) is 14.0. The quantitative estimate of drug-likeness (QED) is 0.825. The average Bonchev–Trinajstić information content (AvgIpc) is 2.41. The summed E-state index contributed by atoms with van der Waals surface area (Å²) in [7, 11) is 0. The largest absolute Gasteiger partial charge is 0.398 e. The third-order valence-corrected chi connectivity index (χ3v) is 3.94. The standard InChI is InChI=1S/C15H23N3O/c1-11(2)17-7-9-18(10-8-17)15(19)13-5-4-6-14(16)12(13)3/h4-6,11H,7-10,16H2,1-3H3. The van der Waals surface area contributed by atoms with Crippen molar-refractivity contribution in [2.24, 2.45) is 0 Å². The first-order valence-electron chi connectivity index (χ1n) is 6.89. The van der Waals surface area contributed by atoms with Crippen LogP contribution in [-0.4, -0.2) is 47.9 Å². The number of nitrogens with zero attached hydrogens (tertiary/aromatic N) is 2. The molecule has 0 aliphatic carbocycles. The van der Waals surface area contributed by atoms with Crippen molar-refractivity contribution in [1.82, 2.24) is 9.80 Å². The fourth-order valence-electron chi connectivity index (χ4n) is 2.50. The Hall–Kier alpha value is -1.55. The van der Waals surface area contributed by atoms with Crippen LogP contribution in [-0.2, 0) is 0 Å². The first-order chi connectivity index (χ1) is 9.00. The number of carbonyl (C=O) groups is 1. The molecule has 1 saturated heterocycles. The van der Waals surface area contributed by atoms with E-state index in [9.17, 15) is 4.79 Å². The van der Waals surface area contributed by atoms with Gasteiger partial charge in [-0.1, -0.05) is 6.07 Å². The number of nitrogens with two attached hydrogens (primary N) is 1. The molecule has 1 aliphatic rings. The fourth-order valence-corrected chi connectivity index (χ4v) is 2.50. The van der Waals surface area contributed by atoms with Gasteiger partial charge in [0, 0.05) is 43.5 Å². The Labute approximate surface area is 115 Å². The first-order valence-corrected chi connectivity index (χ1v) is 6.89. The minimum absolute atomic E-state index is 0.105. The molecule has 104 valence electrons. The molecular weight excluding hydrogens is 238 g/mol. The van der Waals surface area contributed by atoms with E-state index in [-0.39, 0.29) is 5.91 Å². The molecule has 0 saturated carbocycles. The van der Waals surface area contributed by atoms with Crippen LogP contribution in [0.5, 0.6) is 0 Å². The molecule has 0 radical (unpaired) electrons. The van der Waals surface area contributed by atoms with Crippen molar-refractivity contribution in [3.05, 3.63) is 29.3 Å². The second kappa shape index (κ2) is 5.61. The molecule has 0 aromatic heterocycles. The molecule has 0 bridgehead atoms. The van der Waals surface area contributed by atoms with Gasteiger partial charge in [-0.25, -0.2) is 0 Å². The SMILES string of the molecule is Cc1c(N)cccc1C(=O)N1CCN(C(C)C)CC1. The lowest BCUT2D eigenvalue weighted by atomic mass is 10.1. The first kappa shape index (κ1) is 13.9. The maximum absolute atomic E-state index is 12.5. The molecule has 2 N–H and O–H groups in total. The molecule has 19 heavy (non-hydrogen) atoms. The number of hydrogen-bond acceptors (Lipinski definition) is 3. The van der Waals surface area contributed by atoms with Crippen LogP contribution in [0.4, 0.5) is 5.69 Å². The van der Waals surface area contributed by atoms with Gasteiger partial charge in [-0.3, -0.25) is 9.69 Å². The van der Waals surface area contributed by atoms with Gasteiger partial charge in [0.15, 0.2) is 0 Å². The van der Waals surface area contributed by atoms with Crippen molar-refractivity contribution in [1.29, 1.82) is 0 Å². The maximum atomic E-state index is 12.5. The molecule has 1 fully saturated rings. The molecule has 1 aliphatic heterocycles. The summed E-state index contributed by atoms with van der Waals surface area (Å²) < 4.78 is 0. The minimum atomic E-state index is 0.105. The van der Waals surface area contributed by atoms with Crippen LogP contribution in [0.3, 0.4) is 0 Å². The van der Waals surface area contributed by atoms with E-state index in [4.69, 9.17) is 5.73 Å². The van der Waals surface area contributed by atoms with E-state index in [2.05, 4.69) is 18.7 Å². The molecule has 4 heteroatoms. The van der Waals surface area contributed by atoms with Crippen LogP contribution < -0.4 is 5.73 Å². The number of carbonyl (C=O) groups excluding carboxylic acids is 1. The lowest BCUT2D eigenvalue weighted by Crippen LogP contribution is -2.50. The second-order valence-corrected chi connectivity index (χ2v) is 5.44. The molecule has 1 aromatic rings. The van der Waals surface area contributed by atoms with E-state index >= 15 is 0 Å². The molecule has 1 aromatic carbocycles. The molecule has 2 rings (SSSR count). The fraction of sp³-hybridized carbons (Fsp3) is 0.533. The summed E-state index contributed by atoms with van der Waals surface area (Å²) in [5.74, 6) is 0.105. The van der Waals surface area contributed by atoms with Crippen molar-refractivity contribution < 1.29 is 4.79 Å². The molecule has 4 nitrogen and oxygen atoms in total. The van der Waals surface area contributed by atoms with Gasteiger partial charge < -0.3 is 10.6 Å². The van der Waals surface area contributed by atoms with Crippen LogP contribution in [0.15, 0.2) is 18.2 Å². The number of amides is 1. The minimum Gasteiger partial charge on any atom is -0.398 e. The Kier molecular flexibility index (Phi) is 4.10. The van der Waals surface area contributed by atoms with Gasteiger partial charge in [0.25, 0.3) is 5.91 Å². The summed E-state index contributed by atoms with van der Waals surface area (Å²) in [6, 6.07) is 6.09. The van der Waals surface area contributed by atoms with Crippen LogP contribution in [0.25, 0.3) is 0 Å². The van der Waals surface area contributed by atoms with Gasteiger partial charge in [-0.05, 0) is 38.5 Å². The van der Waals surface area contributed by atoms with E-state index < -0.39 is 0 Å². The highest BCUT2D eigenvalue weighted by molar-refractivity contribution is 5.97. The second-order valence-electron chi connectivity index (χ2n) is 5.44. The Morgan fingerprint density at radius 3 is 2.42 bits per heavy atom. The summed E-state index contributed by atoms with van der Waals surface area (Å²) in [6.45, 7) is 9.79. The number of rotatable bonds is 2. The molecule has 0 atom stereocenters. The van der Waals surface area contributed by atoms with Crippen molar-refractivity contribution in [2.75, 3.05) is 31.9 Å². The Bertz CT molecular complexity index is 462. The normalized spacial score (nSPS) is 16.9. The Morgan fingerprint density at radius 1 is 1.21 bits per heavy atom. The Morgan fingerprint density at radius 2 is 1.84 bits per heavy atom. The molecule has 0 unspecified atom stereocenters. The van der Waals surface area contributed by atoms with Gasteiger partial charge in [0.1, 0.15) is 0 Å². The predicted molar refractivity (Wildman–Crippen MR) is 78.2 cm³/mol. The zero-order valence-corrected chi connectivity index (χ0v) is 12.0. The van der Waals surface area contributed by atoms with Crippen LogP contribution in [0.1, 0.15) is 29.8 Å². The topological polar surface area (TPSA) is 49.6 Å². The van der Waals surface area contributed by atoms with Crippen molar-refractivity contribution in [3.8, 4) is 0 Å². The highest BCUT2D eigenvalue weighted by atomic mass is 16.2. The third-order valence-electron chi connectivity index (χ3n) is 3.94. The van der Waals surface area contributed by atoms with Crippen molar-refractivity contribution in [3.63, 3.8) is 0 Å². The van der Waals surface area contributed by atoms with Gasteiger partial charge in [-0.15, -0.1) is 0 Å². The average molecular weight is 261 g/mol. The van der Waals surface area contributed by atoms with Crippen molar-refractivity contribution >= 4 is 11.6 Å². The van der Waals surface area contributed by atoms with Crippen LogP contribution in [0.2, 0.25) is 0 Å². The summed E-state index contributed by atoms with van der Waals surface area (Å²) >= 11 is 0.